The first kappa shape index (κ1) is 13.3. The SMILES string of the molecule is CC1CCC2(CC1)COC(COC(C)C)CN2. The lowest BCUT2D eigenvalue weighted by molar-refractivity contribution is -0.0894. The van der Waals surface area contributed by atoms with E-state index in [1.165, 1.54) is 25.7 Å². The lowest BCUT2D eigenvalue weighted by atomic mass is 9.77. The van der Waals surface area contributed by atoms with Gasteiger partial charge in [0.05, 0.1) is 25.4 Å². The normalized spacial score (nSPS) is 38.8. The van der Waals surface area contributed by atoms with Crippen LogP contribution in [0.15, 0.2) is 0 Å². The second kappa shape index (κ2) is 5.68. The van der Waals surface area contributed by atoms with Gasteiger partial charge in [-0.2, -0.15) is 0 Å². The molecule has 1 aliphatic heterocycles. The van der Waals surface area contributed by atoms with Gasteiger partial charge in [-0.05, 0) is 45.4 Å². The van der Waals surface area contributed by atoms with E-state index in [9.17, 15) is 0 Å². The molecule has 1 spiro atoms. The summed E-state index contributed by atoms with van der Waals surface area (Å²) < 4.78 is 11.6. The summed E-state index contributed by atoms with van der Waals surface area (Å²) in [6, 6.07) is 0. The Balaban J connectivity index is 1.74. The Bertz CT molecular complexity index is 224. The molecule has 1 unspecified atom stereocenters. The van der Waals surface area contributed by atoms with Gasteiger partial charge in [0.2, 0.25) is 0 Å². The average Bonchev–Trinajstić information content (AvgIpc) is 2.33. The quantitative estimate of drug-likeness (QED) is 0.822. The molecule has 1 N–H and O–H groups in total. The monoisotopic (exact) mass is 241 g/mol. The lowest BCUT2D eigenvalue weighted by Gasteiger charge is -2.45. The van der Waals surface area contributed by atoms with E-state index < -0.39 is 0 Å². The molecule has 0 aromatic rings. The van der Waals surface area contributed by atoms with Crippen LogP contribution >= 0.6 is 0 Å². The highest BCUT2D eigenvalue weighted by Crippen LogP contribution is 2.33. The summed E-state index contributed by atoms with van der Waals surface area (Å²) >= 11 is 0. The summed E-state index contributed by atoms with van der Waals surface area (Å²) in [6.07, 6.45) is 5.75. The minimum atomic E-state index is 0.238. The highest BCUT2D eigenvalue weighted by molar-refractivity contribution is 4.95. The van der Waals surface area contributed by atoms with E-state index in [0.29, 0.717) is 6.10 Å². The van der Waals surface area contributed by atoms with Crippen LogP contribution in [-0.4, -0.2) is 37.5 Å². The van der Waals surface area contributed by atoms with Crippen LogP contribution in [0.2, 0.25) is 0 Å². The molecular weight excluding hydrogens is 214 g/mol. The van der Waals surface area contributed by atoms with Crippen molar-refractivity contribution in [2.45, 2.75) is 64.2 Å². The predicted molar refractivity (Wildman–Crippen MR) is 69.2 cm³/mol. The summed E-state index contributed by atoms with van der Waals surface area (Å²) in [5, 5.41) is 3.72. The molecule has 3 heteroatoms. The summed E-state index contributed by atoms with van der Waals surface area (Å²) in [7, 11) is 0. The largest absolute Gasteiger partial charge is 0.376 e. The van der Waals surface area contributed by atoms with Gasteiger partial charge in [0.1, 0.15) is 0 Å². The first-order valence-electron chi connectivity index (χ1n) is 7.08. The fourth-order valence-electron chi connectivity index (χ4n) is 2.76. The van der Waals surface area contributed by atoms with Crippen molar-refractivity contribution in [2.24, 2.45) is 5.92 Å². The van der Waals surface area contributed by atoms with Gasteiger partial charge in [-0.15, -0.1) is 0 Å². The lowest BCUT2D eigenvalue weighted by Crippen LogP contribution is -2.59. The number of ether oxygens (including phenoxy) is 2. The minimum Gasteiger partial charge on any atom is -0.376 e. The van der Waals surface area contributed by atoms with Crippen LogP contribution in [0.4, 0.5) is 0 Å². The molecule has 1 saturated carbocycles. The molecule has 17 heavy (non-hydrogen) atoms. The zero-order chi connectivity index (χ0) is 12.3. The van der Waals surface area contributed by atoms with E-state index in [4.69, 9.17) is 9.47 Å². The van der Waals surface area contributed by atoms with E-state index in [2.05, 4.69) is 26.1 Å². The molecular formula is C14H27NO2. The second-order valence-corrected chi connectivity index (χ2v) is 6.16. The Labute approximate surface area is 105 Å². The van der Waals surface area contributed by atoms with Crippen molar-refractivity contribution in [1.29, 1.82) is 0 Å². The first-order chi connectivity index (χ1) is 8.10. The van der Waals surface area contributed by atoms with Crippen LogP contribution in [0, 0.1) is 5.92 Å². The molecule has 2 aliphatic rings. The van der Waals surface area contributed by atoms with Crippen LogP contribution in [0.3, 0.4) is 0 Å². The zero-order valence-electron chi connectivity index (χ0n) is 11.5. The maximum absolute atomic E-state index is 5.97. The van der Waals surface area contributed by atoms with Gasteiger partial charge in [0, 0.05) is 12.1 Å². The fraction of sp³-hybridized carbons (Fsp3) is 1.00. The van der Waals surface area contributed by atoms with Crippen LogP contribution in [0.1, 0.15) is 46.5 Å². The van der Waals surface area contributed by atoms with Crippen molar-refractivity contribution in [1.82, 2.24) is 5.32 Å². The van der Waals surface area contributed by atoms with Gasteiger partial charge in [-0.1, -0.05) is 6.92 Å². The van der Waals surface area contributed by atoms with Gasteiger partial charge in [-0.25, -0.2) is 0 Å². The Kier molecular flexibility index (Phi) is 4.45. The molecule has 0 aromatic carbocycles. The molecule has 100 valence electrons. The van der Waals surface area contributed by atoms with E-state index in [1.54, 1.807) is 0 Å². The number of morpholine rings is 1. The summed E-state index contributed by atoms with van der Waals surface area (Å²) in [5.41, 5.74) is 0.279. The molecule has 1 heterocycles. The topological polar surface area (TPSA) is 30.5 Å². The number of hydrogen-bond acceptors (Lipinski definition) is 3. The number of rotatable bonds is 3. The summed E-state index contributed by atoms with van der Waals surface area (Å²) in [5.74, 6) is 0.893. The Morgan fingerprint density at radius 1 is 1.35 bits per heavy atom. The highest BCUT2D eigenvalue weighted by atomic mass is 16.5. The molecule has 1 saturated heterocycles. The molecule has 0 radical (unpaired) electrons. The number of nitrogens with one attached hydrogen (secondary N) is 1. The van der Waals surface area contributed by atoms with Crippen molar-refractivity contribution in [2.75, 3.05) is 19.8 Å². The van der Waals surface area contributed by atoms with Gasteiger partial charge in [-0.3, -0.25) is 0 Å². The molecule has 0 bridgehead atoms. The predicted octanol–water partition coefficient (Wildman–Crippen LogP) is 2.35. The molecule has 0 aromatic heterocycles. The highest BCUT2D eigenvalue weighted by Gasteiger charge is 2.38. The van der Waals surface area contributed by atoms with Crippen molar-refractivity contribution in [3.63, 3.8) is 0 Å². The van der Waals surface area contributed by atoms with E-state index in [1.807, 2.05) is 0 Å². The fourth-order valence-corrected chi connectivity index (χ4v) is 2.76. The third-order valence-corrected chi connectivity index (χ3v) is 4.15. The van der Waals surface area contributed by atoms with E-state index in [-0.39, 0.29) is 11.6 Å². The number of hydrogen-bond donors (Lipinski definition) is 1. The Morgan fingerprint density at radius 3 is 2.59 bits per heavy atom. The summed E-state index contributed by atoms with van der Waals surface area (Å²) in [4.78, 5) is 0. The molecule has 2 rings (SSSR count). The Morgan fingerprint density at radius 2 is 2.06 bits per heavy atom. The molecule has 0 amide bonds. The average molecular weight is 241 g/mol. The first-order valence-corrected chi connectivity index (χ1v) is 7.08. The van der Waals surface area contributed by atoms with Gasteiger partial charge < -0.3 is 14.8 Å². The third-order valence-electron chi connectivity index (χ3n) is 4.15. The van der Waals surface area contributed by atoms with Crippen LogP contribution in [0.25, 0.3) is 0 Å². The second-order valence-electron chi connectivity index (χ2n) is 6.16. The maximum atomic E-state index is 5.97. The van der Waals surface area contributed by atoms with Crippen molar-refractivity contribution in [3.05, 3.63) is 0 Å². The van der Waals surface area contributed by atoms with Gasteiger partial charge >= 0.3 is 0 Å². The van der Waals surface area contributed by atoms with Gasteiger partial charge in [0.15, 0.2) is 0 Å². The minimum absolute atomic E-state index is 0.238. The smallest absolute Gasteiger partial charge is 0.0933 e. The standard InChI is InChI=1S/C14H27NO2/c1-11(2)16-9-13-8-15-14(10-17-13)6-4-12(3)5-7-14/h11-13,15H,4-10H2,1-3H3. The molecule has 1 aliphatic carbocycles. The van der Waals surface area contributed by atoms with E-state index in [0.717, 1.165) is 25.7 Å². The molecule has 3 nitrogen and oxygen atoms in total. The van der Waals surface area contributed by atoms with Crippen LogP contribution < -0.4 is 5.32 Å². The van der Waals surface area contributed by atoms with Crippen molar-refractivity contribution in [3.8, 4) is 0 Å². The van der Waals surface area contributed by atoms with Crippen molar-refractivity contribution < 1.29 is 9.47 Å². The third kappa shape index (κ3) is 3.67. The Hall–Kier alpha value is -0.120. The van der Waals surface area contributed by atoms with E-state index >= 15 is 0 Å². The van der Waals surface area contributed by atoms with Crippen LogP contribution in [0.5, 0.6) is 0 Å². The van der Waals surface area contributed by atoms with Gasteiger partial charge in [0.25, 0.3) is 0 Å². The maximum Gasteiger partial charge on any atom is 0.0933 e. The van der Waals surface area contributed by atoms with Crippen molar-refractivity contribution >= 4 is 0 Å². The summed E-state index contributed by atoms with van der Waals surface area (Å²) in [6.45, 7) is 9.03. The zero-order valence-corrected chi connectivity index (χ0v) is 11.5. The molecule has 2 fully saturated rings. The van der Waals surface area contributed by atoms with Crippen LogP contribution in [-0.2, 0) is 9.47 Å². The molecule has 1 atom stereocenters.